The molecule has 35 heavy (non-hydrogen) atoms. The summed E-state index contributed by atoms with van der Waals surface area (Å²) in [7, 11) is 1.40. The number of imidazole rings is 1. The van der Waals surface area contributed by atoms with Gasteiger partial charge in [-0.1, -0.05) is 18.2 Å². The summed E-state index contributed by atoms with van der Waals surface area (Å²) in [5.74, 6) is -1.97. The van der Waals surface area contributed by atoms with Crippen LogP contribution in [-0.2, 0) is 16.1 Å². The van der Waals surface area contributed by atoms with E-state index in [-0.39, 0.29) is 47.9 Å². The third kappa shape index (κ3) is 6.74. The summed E-state index contributed by atoms with van der Waals surface area (Å²) in [6, 6.07) is 5.77. The van der Waals surface area contributed by atoms with Gasteiger partial charge in [-0.15, -0.1) is 0 Å². The number of H-pyrrole nitrogens is 1. The number of nitrogens with one attached hydrogen (secondary N) is 3. The summed E-state index contributed by atoms with van der Waals surface area (Å²) in [5.41, 5.74) is 0.212. The van der Waals surface area contributed by atoms with Crippen molar-refractivity contribution in [3.05, 3.63) is 47.5 Å². The molecule has 4 amide bonds. The topological polar surface area (TPSA) is 137 Å². The van der Waals surface area contributed by atoms with E-state index in [1.165, 1.54) is 43.3 Å². The van der Waals surface area contributed by atoms with E-state index in [0.29, 0.717) is 19.5 Å². The van der Waals surface area contributed by atoms with Gasteiger partial charge >= 0.3 is 6.61 Å². The van der Waals surface area contributed by atoms with E-state index in [4.69, 9.17) is 0 Å². The highest BCUT2D eigenvalue weighted by Gasteiger charge is 2.30. The van der Waals surface area contributed by atoms with Crippen LogP contribution in [0.2, 0.25) is 0 Å². The van der Waals surface area contributed by atoms with Crippen LogP contribution >= 0.6 is 0 Å². The minimum Gasteiger partial charge on any atom is -0.434 e. The Balaban J connectivity index is 1.76. The van der Waals surface area contributed by atoms with Crippen LogP contribution in [0.4, 0.5) is 8.78 Å². The Kier molecular flexibility index (Phi) is 8.34. The molecule has 3 rings (SSSR count). The second kappa shape index (κ2) is 11.4. The van der Waals surface area contributed by atoms with Crippen LogP contribution < -0.4 is 15.4 Å². The van der Waals surface area contributed by atoms with Gasteiger partial charge in [0.2, 0.25) is 11.8 Å². The average molecular weight is 492 g/mol. The summed E-state index contributed by atoms with van der Waals surface area (Å²) in [4.78, 5) is 58.6. The monoisotopic (exact) mass is 492 g/mol. The Morgan fingerprint density at radius 2 is 2.03 bits per heavy atom. The predicted molar refractivity (Wildman–Crippen MR) is 119 cm³/mol. The third-order valence-electron chi connectivity index (χ3n) is 5.34. The number of aromatic nitrogens is 2. The standard InChI is InChI=1S/C22H26F2N6O5/c1-13(31)27-15-7-8-29(11-15)21(34)19-26-9-16(28-19)20(33)30(12-18(32)25-2)10-14-5-3-4-6-17(14)35-22(23)24/h3-6,9,15,22H,7-8,10-12H2,1-2H3,(H,25,32)(H,26,28)(H,27,31). The number of likely N-dealkylation sites (tertiary alicyclic amines) is 1. The number of rotatable bonds is 9. The number of amides is 4. The molecule has 11 nitrogen and oxygen atoms in total. The van der Waals surface area contributed by atoms with E-state index in [0.717, 1.165) is 4.90 Å². The maximum atomic E-state index is 13.2. The van der Waals surface area contributed by atoms with Crippen LogP contribution in [0.1, 0.15) is 40.0 Å². The van der Waals surface area contributed by atoms with Gasteiger partial charge in [0.15, 0.2) is 5.82 Å². The van der Waals surface area contributed by atoms with Gasteiger partial charge in [0.05, 0.1) is 12.7 Å². The van der Waals surface area contributed by atoms with Crippen molar-refractivity contribution in [1.29, 1.82) is 0 Å². The maximum Gasteiger partial charge on any atom is 0.387 e. The molecule has 188 valence electrons. The fourth-order valence-corrected chi connectivity index (χ4v) is 3.71. The second-order valence-corrected chi connectivity index (χ2v) is 7.90. The Bertz CT molecular complexity index is 1090. The molecule has 0 aliphatic carbocycles. The molecule has 2 aromatic rings. The number of halogens is 2. The number of aromatic amines is 1. The van der Waals surface area contributed by atoms with Gasteiger partial charge in [0.1, 0.15) is 18.0 Å². The lowest BCUT2D eigenvalue weighted by Gasteiger charge is -2.22. The summed E-state index contributed by atoms with van der Waals surface area (Å²) in [6.07, 6.45) is 1.77. The number of benzene rings is 1. The molecule has 0 saturated carbocycles. The van der Waals surface area contributed by atoms with Crippen LogP contribution in [0.25, 0.3) is 0 Å². The Morgan fingerprint density at radius 3 is 2.71 bits per heavy atom. The summed E-state index contributed by atoms with van der Waals surface area (Å²) in [6.45, 7) is -1.51. The van der Waals surface area contributed by atoms with Crippen molar-refractivity contribution in [3.8, 4) is 5.75 Å². The number of carbonyl (C=O) groups excluding carboxylic acids is 4. The van der Waals surface area contributed by atoms with Crippen molar-refractivity contribution in [1.82, 2.24) is 30.4 Å². The minimum absolute atomic E-state index is 0.0536. The van der Waals surface area contributed by atoms with Gasteiger partial charge in [-0.2, -0.15) is 8.78 Å². The van der Waals surface area contributed by atoms with E-state index < -0.39 is 24.3 Å². The highest BCUT2D eigenvalue weighted by molar-refractivity contribution is 5.97. The Hall–Kier alpha value is -4.03. The molecule has 1 fully saturated rings. The molecule has 1 aromatic heterocycles. The molecule has 0 spiro atoms. The predicted octanol–water partition coefficient (Wildman–Crippen LogP) is 0.750. The normalized spacial score (nSPS) is 15.1. The molecule has 3 N–H and O–H groups in total. The molecule has 13 heteroatoms. The summed E-state index contributed by atoms with van der Waals surface area (Å²) in [5, 5.41) is 5.17. The van der Waals surface area contributed by atoms with Crippen LogP contribution in [-0.4, -0.2) is 82.7 Å². The smallest absolute Gasteiger partial charge is 0.387 e. The number of likely N-dealkylation sites (N-methyl/N-ethyl adjacent to an activating group) is 1. The summed E-state index contributed by atoms with van der Waals surface area (Å²) >= 11 is 0. The quantitative estimate of drug-likeness (QED) is 0.473. The second-order valence-electron chi connectivity index (χ2n) is 7.90. The van der Waals surface area contributed by atoms with Gasteiger partial charge in [0.25, 0.3) is 11.8 Å². The van der Waals surface area contributed by atoms with Gasteiger partial charge in [-0.3, -0.25) is 19.2 Å². The Labute approximate surface area is 199 Å². The van der Waals surface area contributed by atoms with Gasteiger partial charge in [0, 0.05) is 38.7 Å². The lowest BCUT2D eigenvalue weighted by Crippen LogP contribution is -2.39. The molecule has 0 bridgehead atoms. The van der Waals surface area contributed by atoms with Crippen molar-refractivity contribution < 1.29 is 32.7 Å². The molecule has 1 unspecified atom stereocenters. The van der Waals surface area contributed by atoms with E-state index in [9.17, 15) is 28.0 Å². The van der Waals surface area contributed by atoms with Crippen LogP contribution in [0.3, 0.4) is 0 Å². The molecule has 1 atom stereocenters. The Morgan fingerprint density at radius 1 is 1.29 bits per heavy atom. The molecule has 1 saturated heterocycles. The number of alkyl halides is 2. The fourth-order valence-electron chi connectivity index (χ4n) is 3.71. The van der Waals surface area contributed by atoms with Gasteiger partial charge < -0.3 is 30.2 Å². The first-order valence-electron chi connectivity index (χ1n) is 10.8. The lowest BCUT2D eigenvalue weighted by atomic mass is 10.1. The number of para-hydroxylation sites is 1. The molecular weight excluding hydrogens is 466 g/mol. The molecule has 1 aromatic carbocycles. The van der Waals surface area contributed by atoms with Crippen LogP contribution in [0, 0.1) is 0 Å². The highest BCUT2D eigenvalue weighted by atomic mass is 19.3. The van der Waals surface area contributed by atoms with Crippen molar-refractivity contribution in [3.63, 3.8) is 0 Å². The highest BCUT2D eigenvalue weighted by Crippen LogP contribution is 2.23. The first kappa shape index (κ1) is 25.6. The molecule has 0 radical (unpaired) electrons. The van der Waals surface area contributed by atoms with Crippen molar-refractivity contribution >= 4 is 23.6 Å². The van der Waals surface area contributed by atoms with Crippen molar-refractivity contribution in [2.75, 3.05) is 26.7 Å². The molecular formula is C22H26F2N6O5. The third-order valence-corrected chi connectivity index (χ3v) is 5.34. The van der Waals surface area contributed by atoms with Crippen molar-refractivity contribution in [2.24, 2.45) is 0 Å². The number of hydrogen-bond acceptors (Lipinski definition) is 6. The molecule has 1 aliphatic heterocycles. The van der Waals surface area contributed by atoms with Crippen molar-refractivity contribution in [2.45, 2.75) is 32.5 Å². The lowest BCUT2D eigenvalue weighted by molar-refractivity contribution is -0.121. The van der Waals surface area contributed by atoms with E-state index >= 15 is 0 Å². The SMILES string of the molecule is CNC(=O)CN(Cc1ccccc1OC(F)F)C(=O)c1cnc(C(=O)N2CCC(NC(C)=O)C2)[nH]1. The average Bonchev–Trinajstić information content (AvgIpc) is 3.48. The first-order chi connectivity index (χ1) is 16.7. The van der Waals surface area contributed by atoms with Crippen LogP contribution in [0.15, 0.2) is 30.5 Å². The largest absolute Gasteiger partial charge is 0.434 e. The minimum atomic E-state index is -3.06. The number of carbonyl (C=O) groups is 4. The van der Waals surface area contributed by atoms with E-state index in [1.807, 2.05) is 0 Å². The number of hydrogen-bond donors (Lipinski definition) is 3. The maximum absolute atomic E-state index is 13.2. The number of nitrogens with zero attached hydrogens (tertiary/aromatic N) is 3. The van der Waals surface area contributed by atoms with E-state index in [2.05, 4.69) is 25.3 Å². The van der Waals surface area contributed by atoms with Gasteiger partial charge in [-0.05, 0) is 12.5 Å². The fraction of sp³-hybridized carbons (Fsp3) is 0.409. The molecule has 2 heterocycles. The first-order valence-corrected chi connectivity index (χ1v) is 10.8. The number of ether oxygens (including phenoxy) is 1. The zero-order chi connectivity index (χ0) is 25.5. The van der Waals surface area contributed by atoms with Gasteiger partial charge in [-0.25, -0.2) is 4.98 Å². The van der Waals surface area contributed by atoms with Crippen LogP contribution in [0.5, 0.6) is 5.75 Å². The zero-order valence-corrected chi connectivity index (χ0v) is 19.2. The van der Waals surface area contributed by atoms with E-state index in [1.54, 1.807) is 6.07 Å². The zero-order valence-electron chi connectivity index (χ0n) is 19.2. The summed E-state index contributed by atoms with van der Waals surface area (Å²) < 4.78 is 30.1. The molecule has 1 aliphatic rings.